The fourth-order valence-corrected chi connectivity index (χ4v) is 9.40. The highest BCUT2D eigenvalue weighted by atomic mass is 16.3. The van der Waals surface area contributed by atoms with Gasteiger partial charge in [0.25, 0.3) is 0 Å². The molecule has 0 bridgehead atoms. The molecule has 0 spiro atoms. The van der Waals surface area contributed by atoms with Crippen molar-refractivity contribution in [2.75, 3.05) is 4.90 Å². The zero-order valence-corrected chi connectivity index (χ0v) is 30.4. The summed E-state index contributed by atoms with van der Waals surface area (Å²) in [6, 6.07) is 73.1. The second-order valence-corrected chi connectivity index (χ2v) is 14.7. The predicted molar refractivity (Wildman–Crippen MR) is 238 cm³/mol. The van der Waals surface area contributed by atoms with E-state index in [4.69, 9.17) is 4.42 Å². The first-order valence-electron chi connectivity index (χ1n) is 19.3. The third-order valence-electron chi connectivity index (χ3n) is 11.8. The number of fused-ring (bicyclic) bond motifs is 19. The molecule has 0 unspecified atom stereocenters. The molecule has 2 heteroatoms. The molecule has 260 valence electrons. The maximum Gasteiger partial charge on any atom is 0.143 e. The van der Waals surface area contributed by atoms with Crippen LogP contribution in [0.2, 0.25) is 0 Å². The number of nitrogens with zero attached hydrogens (tertiary/aromatic N) is 1. The lowest BCUT2D eigenvalue weighted by Gasteiger charge is -2.27. The minimum absolute atomic E-state index is 0.891. The average Bonchev–Trinajstić information content (AvgIpc) is 3.59. The molecule has 1 aromatic heterocycles. The van der Waals surface area contributed by atoms with Crippen LogP contribution in [0, 0.1) is 0 Å². The van der Waals surface area contributed by atoms with Crippen molar-refractivity contribution >= 4 is 92.9 Å². The van der Waals surface area contributed by atoms with Crippen LogP contribution in [-0.2, 0) is 0 Å². The van der Waals surface area contributed by atoms with E-state index in [1.165, 1.54) is 54.6 Å². The molecular weight excluding hydrogens is 679 g/mol. The average molecular weight is 712 g/mol. The van der Waals surface area contributed by atoms with Crippen molar-refractivity contribution in [1.29, 1.82) is 0 Å². The smallest absolute Gasteiger partial charge is 0.143 e. The lowest BCUT2D eigenvalue weighted by atomic mass is 9.93. The summed E-state index contributed by atoms with van der Waals surface area (Å²) in [5.74, 6) is 0. The third kappa shape index (κ3) is 4.44. The van der Waals surface area contributed by atoms with Gasteiger partial charge in [0.15, 0.2) is 0 Å². The number of hydrogen-bond donors (Lipinski definition) is 0. The van der Waals surface area contributed by atoms with Crippen LogP contribution in [0.1, 0.15) is 0 Å². The van der Waals surface area contributed by atoms with E-state index in [0.717, 1.165) is 60.5 Å². The van der Waals surface area contributed by atoms with Gasteiger partial charge in [-0.05, 0) is 96.0 Å². The van der Waals surface area contributed by atoms with Crippen LogP contribution in [-0.4, -0.2) is 0 Å². The fraction of sp³-hybridized carbons (Fsp3) is 0. The van der Waals surface area contributed by atoms with Crippen molar-refractivity contribution in [2.45, 2.75) is 0 Å². The summed E-state index contributed by atoms with van der Waals surface area (Å²) < 4.78 is 6.93. The van der Waals surface area contributed by atoms with Gasteiger partial charge < -0.3 is 9.32 Å². The number of hydrogen-bond acceptors (Lipinski definition) is 2. The van der Waals surface area contributed by atoms with E-state index in [2.05, 4.69) is 205 Å². The van der Waals surface area contributed by atoms with Gasteiger partial charge in [-0.1, -0.05) is 164 Å². The van der Waals surface area contributed by atoms with Crippen molar-refractivity contribution in [2.24, 2.45) is 0 Å². The van der Waals surface area contributed by atoms with Crippen LogP contribution >= 0.6 is 0 Å². The van der Waals surface area contributed by atoms with Gasteiger partial charge in [-0.2, -0.15) is 0 Å². The summed E-state index contributed by atoms with van der Waals surface area (Å²) in [5.41, 5.74) is 10.1. The van der Waals surface area contributed by atoms with Crippen LogP contribution in [0.5, 0.6) is 0 Å². The number of para-hydroxylation sites is 3. The quantitative estimate of drug-likeness (QED) is 0.169. The summed E-state index contributed by atoms with van der Waals surface area (Å²) in [7, 11) is 0. The fourth-order valence-electron chi connectivity index (χ4n) is 9.40. The van der Waals surface area contributed by atoms with E-state index >= 15 is 0 Å². The van der Waals surface area contributed by atoms with Crippen molar-refractivity contribution in [3.63, 3.8) is 0 Å². The monoisotopic (exact) mass is 711 g/mol. The minimum Gasteiger partial charge on any atom is -0.455 e. The second-order valence-electron chi connectivity index (χ2n) is 14.7. The van der Waals surface area contributed by atoms with Crippen LogP contribution in [0.4, 0.5) is 17.1 Å². The van der Waals surface area contributed by atoms with Crippen molar-refractivity contribution in [3.8, 4) is 22.3 Å². The molecule has 1 aliphatic rings. The Morgan fingerprint density at radius 1 is 0.286 bits per heavy atom. The topological polar surface area (TPSA) is 16.4 Å². The Bertz CT molecular complexity index is 3430. The van der Waals surface area contributed by atoms with E-state index in [0.29, 0.717) is 0 Å². The molecule has 0 N–H and O–H groups in total. The molecule has 0 amide bonds. The van der Waals surface area contributed by atoms with Crippen molar-refractivity contribution < 1.29 is 4.42 Å². The Hall–Kier alpha value is -7.42. The maximum atomic E-state index is 6.93. The van der Waals surface area contributed by atoms with Gasteiger partial charge in [-0.25, -0.2) is 0 Å². The van der Waals surface area contributed by atoms with Crippen LogP contribution in [0.25, 0.3) is 98.1 Å². The number of rotatable bonds is 1. The Balaban J connectivity index is 1.32. The molecular formula is C54H33NO. The number of anilines is 3. The van der Waals surface area contributed by atoms with Gasteiger partial charge >= 0.3 is 0 Å². The predicted octanol–water partition coefficient (Wildman–Crippen LogP) is 15.6. The van der Waals surface area contributed by atoms with E-state index in [-0.39, 0.29) is 0 Å². The SMILES string of the molecule is c1ccc2c(c1)-c1ccccc1N(c1ccc3c4ccccc4c4ccccc4c4ccccc4c4c(ccc5c6ccccc6oc54)c3c1)c1ccccc1-2. The zero-order valence-electron chi connectivity index (χ0n) is 30.4. The van der Waals surface area contributed by atoms with Crippen LogP contribution in [0.15, 0.2) is 205 Å². The van der Waals surface area contributed by atoms with E-state index in [1.807, 2.05) is 0 Å². The molecule has 2 heterocycles. The summed E-state index contributed by atoms with van der Waals surface area (Å²) in [4.78, 5) is 2.46. The minimum atomic E-state index is 0.891. The van der Waals surface area contributed by atoms with Gasteiger partial charge in [0.05, 0.1) is 11.4 Å². The molecule has 2 nitrogen and oxygen atoms in total. The normalized spacial score (nSPS) is 12.2. The Morgan fingerprint density at radius 2 is 0.679 bits per heavy atom. The number of benzene rings is 9. The highest BCUT2D eigenvalue weighted by molar-refractivity contribution is 6.31. The molecule has 10 aromatic carbocycles. The summed E-state index contributed by atoms with van der Waals surface area (Å²) >= 11 is 0. The summed E-state index contributed by atoms with van der Waals surface area (Å²) in [5, 5.41) is 13.9. The molecule has 0 saturated carbocycles. The second kappa shape index (κ2) is 12.0. The van der Waals surface area contributed by atoms with Crippen molar-refractivity contribution in [3.05, 3.63) is 200 Å². The molecule has 0 saturated heterocycles. The zero-order chi connectivity index (χ0) is 36.7. The van der Waals surface area contributed by atoms with Crippen LogP contribution < -0.4 is 4.90 Å². The van der Waals surface area contributed by atoms with Crippen molar-refractivity contribution in [1.82, 2.24) is 0 Å². The summed E-state index contributed by atoms with van der Waals surface area (Å²) in [6.45, 7) is 0. The molecule has 0 atom stereocenters. The van der Waals surface area contributed by atoms with E-state index in [9.17, 15) is 0 Å². The first-order chi connectivity index (χ1) is 27.8. The Kier molecular flexibility index (Phi) is 6.66. The molecule has 0 aliphatic carbocycles. The molecule has 1 aliphatic heterocycles. The van der Waals surface area contributed by atoms with Gasteiger partial charge in [-0.3, -0.25) is 0 Å². The highest BCUT2D eigenvalue weighted by Crippen LogP contribution is 2.51. The van der Waals surface area contributed by atoms with Gasteiger partial charge in [-0.15, -0.1) is 0 Å². The van der Waals surface area contributed by atoms with Gasteiger partial charge in [0.1, 0.15) is 11.2 Å². The lowest BCUT2D eigenvalue weighted by molar-refractivity contribution is 0.673. The van der Waals surface area contributed by atoms with Gasteiger partial charge in [0, 0.05) is 33.0 Å². The molecule has 56 heavy (non-hydrogen) atoms. The molecule has 0 fully saturated rings. The Morgan fingerprint density at radius 3 is 1.27 bits per heavy atom. The highest BCUT2D eigenvalue weighted by Gasteiger charge is 2.26. The molecule has 12 rings (SSSR count). The number of furan rings is 1. The first-order valence-corrected chi connectivity index (χ1v) is 19.3. The third-order valence-corrected chi connectivity index (χ3v) is 11.8. The lowest BCUT2D eigenvalue weighted by Crippen LogP contribution is -2.10. The molecule has 0 radical (unpaired) electrons. The van der Waals surface area contributed by atoms with E-state index < -0.39 is 0 Å². The van der Waals surface area contributed by atoms with Crippen LogP contribution in [0.3, 0.4) is 0 Å². The Labute approximate surface area is 323 Å². The largest absolute Gasteiger partial charge is 0.455 e. The van der Waals surface area contributed by atoms with Gasteiger partial charge in [0.2, 0.25) is 0 Å². The maximum absolute atomic E-state index is 6.93. The molecule has 11 aromatic rings. The first kappa shape index (κ1) is 31.0. The van der Waals surface area contributed by atoms with E-state index in [1.54, 1.807) is 0 Å². The summed E-state index contributed by atoms with van der Waals surface area (Å²) in [6.07, 6.45) is 0. The standard InChI is InChI=1S/C54H33NO/c1-3-17-37-35(15-1)36-16-2-4-18-38(36)42-30-29-34(55-50-26-12-9-22-43(50)39-19-5-6-20-40(39)44-23-10-13-27-51(44)55)33-49(42)47-31-32-48-45-24-11-14-28-52(45)56-54(48)53(47)46-25-8-7-21-41(37)46/h1-33H.